The quantitative estimate of drug-likeness (QED) is 0.359. The van der Waals surface area contributed by atoms with Gasteiger partial charge in [0.1, 0.15) is 0 Å². The van der Waals surface area contributed by atoms with Gasteiger partial charge in [0.25, 0.3) is 0 Å². The van der Waals surface area contributed by atoms with Gasteiger partial charge in [-0.1, -0.05) is 40.0 Å². The second-order valence-electron chi connectivity index (χ2n) is 3.90. The molecule has 0 aliphatic rings. The molecule has 1 unspecified atom stereocenters. The molecule has 0 saturated carbocycles. The fourth-order valence-electron chi connectivity index (χ4n) is 1.48. The Hall–Kier alpha value is 0.440. The molecule has 0 nitrogen and oxygen atoms in total. The number of halogens is 6. The molecule has 136 valence electrons. The van der Waals surface area contributed by atoms with Crippen LogP contribution in [0.3, 0.4) is 0 Å². The Morgan fingerprint density at radius 3 is 0.850 bits per heavy atom. The van der Waals surface area contributed by atoms with Crippen molar-refractivity contribution >= 4 is 17.8 Å². The standard InChI is InChI=1S/C12H27P.6FH.H3P/c1-4-7-10-13(11-8-5-2)12-9-6-3;;;;;;;/h4-12H2,1-3H3;6*1H;1H3. The van der Waals surface area contributed by atoms with Gasteiger partial charge in [-0.15, -0.1) is 7.92 Å². The lowest BCUT2D eigenvalue weighted by atomic mass is 10.4. The van der Waals surface area contributed by atoms with Gasteiger partial charge in [0, 0.05) is 0 Å². The Kier molecular flexibility index (Phi) is 107. The minimum atomic E-state index is 0. The Bertz CT molecular complexity index is 92.9. The summed E-state index contributed by atoms with van der Waals surface area (Å²) in [6.07, 6.45) is 13.2. The molecule has 0 aromatic rings. The molecule has 1 atom stereocenters. The maximum Gasteiger partial charge on any atom is -0.0326 e. The number of unbranched alkanes of at least 4 members (excludes halogenated alkanes) is 3. The lowest BCUT2D eigenvalue weighted by Crippen LogP contribution is -1.95. The van der Waals surface area contributed by atoms with Crippen LogP contribution >= 0.6 is 17.8 Å². The number of rotatable bonds is 9. The summed E-state index contributed by atoms with van der Waals surface area (Å²) in [7, 11) is 0.422. The zero-order valence-electron chi connectivity index (χ0n) is 13.0. The van der Waals surface area contributed by atoms with E-state index in [0.717, 1.165) is 0 Å². The van der Waals surface area contributed by atoms with Crippen LogP contribution in [0.4, 0.5) is 28.2 Å². The molecule has 0 aromatic carbocycles. The van der Waals surface area contributed by atoms with Crippen LogP contribution in [0.2, 0.25) is 0 Å². The second-order valence-corrected chi connectivity index (χ2v) is 6.59. The van der Waals surface area contributed by atoms with Crippen LogP contribution in [0.15, 0.2) is 0 Å². The summed E-state index contributed by atoms with van der Waals surface area (Å²) in [4.78, 5) is 0. The molecule has 20 heavy (non-hydrogen) atoms. The highest BCUT2D eigenvalue weighted by Crippen LogP contribution is 2.38. The van der Waals surface area contributed by atoms with Gasteiger partial charge in [0.15, 0.2) is 0 Å². The molecule has 0 aromatic heterocycles. The van der Waals surface area contributed by atoms with E-state index in [-0.39, 0.29) is 38.1 Å². The van der Waals surface area contributed by atoms with Crippen molar-refractivity contribution < 1.29 is 28.2 Å². The van der Waals surface area contributed by atoms with Crippen LogP contribution in [0.25, 0.3) is 0 Å². The van der Waals surface area contributed by atoms with Gasteiger partial charge in [0.05, 0.1) is 0 Å². The first-order chi connectivity index (χ1) is 6.35. The lowest BCUT2D eigenvalue weighted by molar-refractivity contribution is 0.847. The molecular formula is C12H36F6P2. The van der Waals surface area contributed by atoms with Gasteiger partial charge < -0.3 is 0 Å². The molecule has 0 aliphatic carbocycles. The van der Waals surface area contributed by atoms with Crippen molar-refractivity contribution in [2.45, 2.75) is 59.3 Å². The molecule has 0 rings (SSSR count). The Morgan fingerprint density at radius 2 is 0.700 bits per heavy atom. The number of hydrogen-bond acceptors (Lipinski definition) is 0. The minimum absolute atomic E-state index is 0. The highest BCUT2D eigenvalue weighted by molar-refractivity contribution is 7.57. The maximum absolute atomic E-state index is 2.31. The summed E-state index contributed by atoms with van der Waals surface area (Å²) >= 11 is 0. The van der Waals surface area contributed by atoms with Crippen LogP contribution in [0, 0.1) is 0 Å². The smallest absolute Gasteiger partial charge is 0.0326 e. The van der Waals surface area contributed by atoms with Gasteiger partial charge in [-0.25, -0.2) is 0 Å². The van der Waals surface area contributed by atoms with Crippen molar-refractivity contribution in [2.24, 2.45) is 0 Å². The lowest BCUT2D eigenvalue weighted by Gasteiger charge is -2.16. The second kappa shape index (κ2) is 42.7. The van der Waals surface area contributed by atoms with Crippen molar-refractivity contribution in [1.82, 2.24) is 0 Å². The summed E-state index contributed by atoms with van der Waals surface area (Å²) in [5, 5.41) is 0. The summed E-state index contributed by atoms with van der Waals surface area (Å²) in [5.74, 6) is 0. The Morgan fingerprint density at radius 1 is 0.500 bits per heavy atom. The zero-order valence-corrected chi connectivity index (χ0v) is 15.3. The molecule has 0 bridgehead atoms. The third-order valence-electron chi connectivity index (χ3n) is 2.48. The number of hydrogen-bond donors (Lipinski definition) is 0. The van der Waals surface area contributed by atoms with Gasteiger partial charge in [0.2, 0.25) is 0 Å². The van der Waals surface area contributed by atoms with Gasteiger partial charge >= 0.3 is 0 Å². The van der Waals surface area contributed by atoms with Crippen molar-refractivity contribution in [2.75, 3.05) is 18.5 Å². The molecule has 0 heterocycles. The first kappa shape index (κ1) is 49.9. The van der Waals surface area contributed by atoms with E-state index in [4.69, 9.17) is 0 Å². The Labute approximate surface area is 124 Å². The van der Waals surface area contributed by atoms with Crippen LogP contribution in [-0.2, 0) is 0 Å². The molecule has 0 fully saturated rings. The largest absolute Gasteiger partial charge is 0.269 e. The fourth-order valence-corrected chi connectivity index (χ4v) is 4.44. The van der Waals surface area contributed by atoms with E-state index in [0.29, 0.717) is 7.92 Å². The zero-order chi connectivity index (χ0) is 9.94. The van der Waals surface area contributed by atoms with E-state index in [9.17, 15) is 0 Å². The van der Waals surface area contributed by atoms with Crippen LogP contribution < -0.4 is 0 Å². The third-order valence-corrected chi connectivity index (χ3v) is 5.33. The van der Waals surface area contributed by atoms with Gasteiger partial charge in [-0.3, -0.25) is 28.2 Å². The van der Waals surface area contributed by atoms with E-state index < -0.39 is 0 Å². The van der Waals surface area contributed by atoms with Crippen LogP contribution in [0.1, 0.15) is 59.3 Å². The highest BCUT2D eigenvalue weighted by atomic mass is 31.1. The van der Waals surface area contributed by atoms with Gasteiger partial charge in [-0.05, 0) is 37.7 Å². The predicted octanol–water partition coefficient (Wildman–Crippen LogP) is 5.84. The van der Waals surface area contributed by atoms with Crippen molar-refractivity contribution in [1.29, 1.82) is 0 Å². The average Bonchev–Trinajstić information content (AvgIpc) is 2.17. The molecule has 0 saturated heterocycles. The van der Waals surface area contributed by atoms with Crippen molar-refractivity contribution in [3.63, 3.8) is 0 Å². The normalized spacial score (nSPS) is 7.20. The van der Waals surface area contributed by atoms with E-state index in [2.05, 4.69) is 20.8 Å². The van der Waals surface area contributed by atoms with Gasteiger partial charge in [-0.2, -0.15) is 9.90 Å². The minimum Gasteiger partial charge on any atom is -0.269 e. The molecule has 0 spiro atoms. The maximum atomic E-state index is 2.31. The summed E-state index contributed by atoms with van der Waals surface area (Å²) in [6, 6.07) is 0. The molecule has 0 N–H and O–H groups in total. The highest BCUT2D eigenvalue weighted by Gasteiger charge is 2.05. The average molecular weight is 356 g/mol. The monoisotopic (exact) mass is 356 g/mol. The van der Waals surface area contributed by atoms with Crippen LogP contribution in [0.5, 0.6) is 0 Å². The first-order valence-electron chi connectivity index (χ1n) is 6.07. The molecule has 0 amide bonds. The predicted molar refractivity (Wildman–Crippen MR) is 92.4 cm³/mol. The molecule has 8 heteroatoms. The van der Waals surface area contributed by atoms with Crippen LogP contribution in [-0.4, -0.2) is 18.5 Å². The third kappa shape index (κ3) is 36.2. The molecular weight excluding hydrogens is 320 g/mol. The van der Waals surface area contributed by atoms with E-state index in [1.54, 1.807) is 18.5 Å². The van der Waals surface area contributed by atoms with E-state index in [1.807, 2.05) is 0 Å². The molecule has 0 aliphatic heterocycles. The molecule has 0 radical (unpaired) electrons. The van der Waals surface area contributed by atoms with Crippen molar-refractivity contribution in [3.8, 4) is 0 Å². The van der Waals surface area contributed by atoms with E-state index in [1.165, 1.54) is 38.5 Å². The van der Waals surface area contributed by atoms with Crippen molar-refractivity contribution in [3.05, 3.63) is 0 Å². The topological polar surface area (TPSA) is 0 Å². The fraction of sp³-hybridized carbons (Fsp3) is 1.00. The summed E-state index contributed by atoms with van der Waals surface area (Å²) < 4.78 is 0. The first-order valence-corrected chi connectivity index (χ1v) is 7.97. The summed E-state index contributed by atoms with van der Waals surface area (Å²) in [5.41, 5.74) is 0. The SMILES string of the molecule is CCCCP(CCCC)CCCC.F.F.F.F.F.F.P. The van der Waals surface area contributed by atoms with E-state index >= 15 is 0 Å². The summed E-state index contributed by atoms with van der Waals surface area (Å²) in [6.45, 7) is 6.94. The Balaban J connectivity index is -0.0000000343.